The van der Waals surface area contributed by atoms with Crippen LogP contribution >= 0.6 is 0 Å². The van der Waals surface area contributed by atoms with Crippen molar-refractivity contribution in [1.29, 1.82) is 0 Å². The molecule has 2 rings (SSSR count). The van der Waals surface area contributed by atoms with E-state index in [2.05, 4.69) is 5.32 Å². The first-order chi connectivity index (χ1) is 7.70. The van der Waals surface area contributed by atoms with Crippen molar-refractivity contribution in [1.82, 2.24) is 5.32 Å². The number of aryl methyl sites for hydroxylation is 1. The lowest BCUT2D eigenvalue weighted by molar-refractivity contribution is 0.00267. The van der Waals surface area contributed by atoms with E-state index in [1.165, 1.54) is 6.07 Å². The van der Waals surface area contributed by atoms with Gasteiger partial charge in [0.2, 0.25) is 0 Å². The summed E-state index contributed by atoms with van der Waals surface area (Å²) in [6.45, 7) is 1.71. The van der Waals surface area contributed by atoms with E-state index in [0.29, 0.717) is 18.4 Å². The van der Waals surface area contributed by atoms with Crippen LogP contribution in [0, 0.1) is 5.82 Å². The van der Waals surface area contributed by atoms with Gasteiger partial charge in [0.1, 0.15) is 5.82 Å². The van der Waals surface area contributed by atoms with Crippen LogP contribution in [0.1, 0.15) is 24.8 Å². The molecule has 0 spiro atoms. The normalized spacial score (nSPS) is 19.6. The molecule has 1 fully saturated rings. The average Bonchev–Trinajstić information content (AvgIpc) is 2.29. The Bertz CT molecular complexity index is 348. The molecular formula is C13H18FNO. The summed E-state index contributed by atoms with van der Waals surface area (Å²) in [5.41, 5.74) is 0.0996. The Labute approximate surface area is 95.5 Å². The van der Waals surface area contributed by atoms with Crippen LogP contribution in [-0.2, 0) is 6.42 Å². The number of aliphatic hydroxyl groups is 1. The molecule has 0 aromatic heterocycles. The molecule has 3 heteroatoms. The van der Waals surface area contributed by atoms with Gasteiger partial charge in [0.05, 0.1) is 5.60 Å². The van der Waals surface area contributed by atoms with Crippen molar-refractivity contribution in [2.75, 3.05) is 13.1 Å². The van der Waals surface area contributed by atoms with Crippen molar-refractivity contribution in [3.05, 3.63) is 35.6 Å². The Morgan fingerprint density at radius 2 is 1.94 bits per heavy atom. The maximum Gasteiger partial charge on any atom is 0.126 e. The van der Waals surface area contributed by atoms with Crippen molar-refractivity contribution >= 4 is 0 Å². The maximum atomic E-state index is 13.4. The molecule has 0 atom stereocenters. The Kier molecular flexibility index (Phi) is 3.56. The van der Waals surface area contributed by atoms with Crippen molar-refractivity contribution in [3.8, 4) is 0 Å². The smallest absolute Gasteiger partial charge is 0.126 e. The fourth-order valence-corrected chi connectivity index (χ4v) is 2.21. The van der Waals surface area contributed by atoms with E-state index in [9.17, 15) is 9.50 Å². The summed E-state index contributed by atoms with van der Waals surface area (Å²) in [5, 5.41) is 13.5. The zero-order valence-corrected chi connectivity index (χ0v) is 9.38. The van der Waals surface area contributed by atoms with Crippen LogP contribution in [0.4, 0.5) is 4.39 Å². The van der Waals surface area contributed by atoms with Gasteiger partial charge >= 0.3 is 0 Å². The van der Waals surface area contributed by atoms with Gasteiger partial charge < -0.3 is 10.4 Å². The SMILES string of the molecule is OC1(CCc2ccccc2F)CCNCC1. The van der Waals surface area contributed by atoms with E-state index in [1.54, 1.807) is 12.1 Å². The molecule has 88 valence electrons. The molecule has 1 saturated heterocycles. The highest BCUT2D eigenvalue weighted by Crippen LogP contribution is 2.24. The maximum absolute atomic E-state index is 13.4. The molecule has 1 heterocycles. The summed E-state index contributed by atoms with van der Waals surface area (Å²) in [7, 11) is 0. The third kappa shape index (κ3) is 2.80. The van der Waals surface area contributed by atoms with Crippen LogP contribution in [-0.4, -0.2) is 23.8 Å². The molecule has 1 aromatic rings. The average molecular weight is 223 g/mol. The third-order valence-electron chi connectivity index (χ3n) is 3.35. The van der Waals surface area contributed by atoms with Crippen molar-refractivity contribution < 1.29 is 9.50 Å². The minimum Gasteiger partial charge on any atom is -0.390 e. The van der Waals surface area contributed by atoms with E-state index in [-0.39, 0.29) is 5.82 Å². The molecular weight excluding hydrogens is 205 g/mol. The van der Waals surface area contributed by atoms with Gasteiger partial charge in [0.25, 0.3) is 0 Å². The van der Waals surface area contributed by atoms with Crippen LogP contribution in [0.2, 0.25) is 0 Å². The predicted molar refractivity (Wildman–Crippen MR) is 61.8 cm³/mol. The van der Waals surface area contributed by atoms with Crippen molar-refractivity contribution in [3.63, 3.8) is 0 Å². The fraction of sp³-hybridized carbons (Fsp3) is 0.538. The van der Waals surface area contributed by atoms with E-state index >= 15 is 0 Å². The van der Waals surface area contributed by atoms with Gasteiger partial charge in [-0.2, -0.15) is 0 Å². The quantitative estimate of drug-likeness (QED) is 0.820. The molecule has 0 aliphatic carbocycles. The molecule has 2 nitrogen and oxygen atoms in total. The fourth-order valence-electron chi connectivity index (χ4n) is 2.21. The highest BCUT2D eigenvalue weighted by Gasteiger charge is 2.28. The van der Waals surface area contributed by atoms with Crippen LogP contribution < -0.4 is 5.32 Å². The molecule has 0 radical (unpaired) electrons. The molecule has 0 unspecified atom stereocenters. The second-order valence-electron chi connectivity index (χ2n) is 4.57. The van der Waals surface area contributed by atoms with Crippen LogP contribution in [0.3, 0.4) is 0 Å². The highest BCUT2D eigenvalue weighted by molar-refractivity contribution is 5.17. The topological polar surface area (TPSA) is 32.3 Å². The van der Waals surface area contributed by atoms with Crippen LogP contribution in [0.25, 0.3) is 0 Å². The van der Waals surface area contributed by atoms with Gasteiger partial charge in [-0.3, -0.25) is 0 Å². The van der Waals surface area contributed by atoms with E-state index in [0.717, 1.165) is 25.9 Å². The second kappa shape index (κ2) is 4.93. The number of nitrogens with one attached hydrogen (secondary N) is 1. The molecule has 1 aliphatic heterocycles. The molecule has 1 aliphatic rings. The van der Waals surface area contributed by atoms with Crippen molar-refractivity contribution in [2.24, 2.45) is 0 Å². The second-order valence-corrected chi connectivity index (χ2v) is 4.57. The zero-order valence-electron chi connectivity index (χ0n) is 9.38. The lowest BCUT2D eigenvalue weighted by Gasteiger charge is -2.32. The van der Waals surface area contributed by atoms with Gasteiger partial charge in [-0.05, 0) is 50.4 Å². The third-order valence-corrected chi connectivity index (χ3v) is 3.35. The molecule has 0 bridgehead atoms. The first-order valence-corrected chi connectivity index (χ1v) is 5.86. The zero-order chi connectivity index (χ0) is 11.4. The van der Waals surface area contributed by atoms with E-state index in [1.807, 2.05) is 6.07 Å². The van der Waals surface area contributed by atoms with E-state index in [4.69, 9.17) is 0 Å². The van der Waals surface area contributed by atoms with Crippen LogP contribution in [0.5, 0.6) is 0 Å². The van der Waals surface area contributed by atoms with Gasteiger partial charge in [-0.1, -0.05) is 18.2 Å². The largest absolute Gasteiger partial charge is 0.390 e. The summed E-state index contributed by atoms with van der Waals surface area (Å²) < 4.78 is 13.4. The summed E-state index contributed by atoms with van der Waals surface area (Å²) in [4.78, 5) is 0. The first-order valence-electron chi connectivity index (χ1n) is 5.86. The molecule has 16 heavy (non-hydrogen) atoms. The van der Waals surface area contributed by atoms with Gasteiger partial charge in [-0.15, -0.1) is 0 Å². The lowest BCUT2D eigenvalue weighted by Crippen LogP contribution is -2.42. The monoisotopic (exact) mass is 223 g/mol. The first kappa shape index (κ1) is 11.6. The number of halogens is 1. The summed E-state index contributed by atoms with van der Waals surface area (Å²) in [5.74, 6) is -0.167. The standard InChI is InChI=1S/C13H18FNO/c14-12-4-2-1-3-11(12)5-6-13(16)7-9-15-10-8-13/h1-4,15-16H,5-10H2. The van der Waals surface area contributed by atoms with Gasteiger partial charge in [0.15, 0.2) is 0 Å². The van der Waals surface area contributed by atoms with E-state index < -0.39 is 5.60 Å². The molecule has 0 amide bonds. The van der Waals surface area contributed by atoms with Crippen molar-refractivity contribution in [2.45, 2.75) is 31.3 Å². The summed E-state index contributed by atoms with van der Waals surface area (Å²) in [6.07, 6.45) is 2.79. The number of benzene rings is 1. The van der Waals surface area contributed by atoms with Gasteiger partial charge in [-0.25, -0.2) is 4.39 Å². The predicted octanol–water partition coefficient (Wildman–Crippen LogP) is 1.87. The number of hydrogen-bond acceptors (Lipinski definition) is 2. The summed E-state index contributed by atoms with van der Waals surface area (Å²) in [6, 6.07) is 6.80. The Hall–Kier alpha value is -0.930. The molecule has 2 N–H and O–H groups in total. The van der Waals surface area contributed by atoms with Crippen LogP contribution in [0.15, 0.2) is 24.3 Å². The molecule has 0 saturated carbocycles. The Morgan fingerprint density at radius 3 is 2.62 bits per heavy atom. The summed E-state index contributed by atoms with van der Waals surface area (Å²) >= 11 is 0. The minimum atomic E-state index is -0.604. The highest BCUT2D eigenvalue weighted by atomic mass is 19.1. The number of rotatable bonds is 3. The number of hydrogen-bond donors (Lipinski definition) is 2. The lowest BCUT2D eigenvalue weighted by atomic mass is 9.86. The Balaban J connectivity index is 1.94. The molecule has 1 aromatic carbocycles. The number of piperidine rings is 1. The Morgan fingerprint density at radius 1 is 1.25 bits per heavy atom. The minimum absolute atomic E-state index is 0.167. The van der Waals surface area contributed by atoms with Gasteiger partial charge in [0, 0.05) is 0 Å².